The molecule has 1 spiro atoms. The van der Waals surface area contributed by atoms with Gasteiger partial charge in [-0.2, -0.15) is 0 Å². The molecule has 0 amide bonds. The molecule has 2 heterocycles. The van der Waals surface area contributed by atoms with E-state index in [1.165, 1.54) is 0 Å². The molecule has 5 fully saturated rings. The van der Waals surface area contributed by atoms with Crippen molar-refractivity contribution in [1.29, 1.82) is 0 Å². The van der Waals surface area contributed by atoms with Crippen LogP contribution in [0.15, 0.2) is 11.1 Å². The summed E-state index contributed by atoms with van der Waals surface area (Å²) < 4.78 is 11.9. The minimum atomic E-state index is -1.02. The average molecular weight is 475 g/mol. The zero-order chi connectivity index (χ0) is 24.2. The van der Waals surface area contributed by atoms with Gasteiger partial charge in [0.2, 0.25) is 0 Å². The van der Waals surface area contributed by atoms with E-state index in [2.05, 4.69) is 13.8 Å². The smallest absolute Gasteiger partial charge is 0.336 e. The average Bonchev–Trinajstić information content (AvgIpc) is 3.40. The number of epoxide rings is 1. The van der Waals surface area contributed by atoms with Gasteiger partial charge >= 0.3 is 5.97 Å². The molecule has 0 aromatic heterocycles. The number of aliphatic hydroxyl groups is 3. The number of carbonyl (C=O) groups is 2. The van der Waals surface area contributed by atoms with Crippen LogP contribution in [0.25, 0.3) is 0 Å². The fourth-order valence-corrected chi connectivity index (χ4v) is 9.56. The van der Waals surface area contributed by atoms with Crippen LogP contribution < -0.4 is 0 Å². The van der Waals surface area contributed by atoms with Gasteiger partial charge in [0.25, 0.3) is 0 Å². The summed E-state index contributed by atoms with van der Waals surface area (Å²) in [6, 6.07) is 0. The number of esters is 1. The third kappa shape index (κ3) is 2.90. The fourth-order valence-electron chi connectivity index (χ4n) is 9.56. The Kier molecular flexibility index (Phi) is 5.18. The van der Waals surface area contributed by atoms with Gasteiger partial charge in [0.1, 0.15) is 23.6 Å². The van der Waals surface area contributed by atoms with Crippen molar-refractivity contribution in [3.63, 3.8) is 0 Å². The molecule has 7 nitrogen and oxygen atoms in total. The molecule has 6 rings (SSSR count). The molecule has 7 heteroatoms. The highest BCUT2D eigenvalue weighted by Crippen LogP contribution is 2.69. The first-order chi connectivity index (χ1) is 16.1. The topological polar surface area (TPSA) is 117 Å². The van der Waals surface area contributed by atoms with E-state index in [4.69, 9.17) is 9.47 Å². The van der Waals surface area contributed by atoms with E-state index in [1.54, 1.807) is 0 Å². The van der Waals surface area contributed by atoms with Crippen LogP contribution in [-0.2, 0) is 19.1 Å². The highest BCUT2D eigenvalue weighted by molar-refractivity contribution is 5.90. The molecule has 1 saturated heterocycles. The summed E-state index contributed by atoms with van der Waals surface area (Å²) in [5.74, 6) is 1.14. The van der Waals surface area contributed by atoms with Crippen molar-refractivity contribution in [2.24, 2.45) is 40.9 Å². The number of rotatable bonds is 3. The van der Waals surface area contributed by atoms with Gasteiger partial charge in [0.05, 0.1) is 30.3 Å². The molecule has 188 valence electrons. The van der Waals surface area contributed by atoms with E-state index in [9.17, 15) is 24.9 Å². The van der Waals surface area contributed by atoms with Gasteiger partial charge in [-0.15, -0.1) is 0 Å². The zero-order valence-electron chi connectivity index (χ0n) is 20.4. The number of cyclic esters (lactones) is 1. The molecule has 6 aliphatic rings. The second kappa shape index (κ2) is 7.61. The first-order valence-corrected chi connectivity index (χ1v) is 13.2. The number of aliphatic hydroxyl groups excluding tert-OH is 3. The maximum absolute atomic E-state index is 13.1. The third-order valence-corrected chi connectivity index (χ3v) is 11.2. The van der Waals surface area contributed by atoms with E-state index in [0.29, 0.717) is 29.7 Å². The standard InChI is InChI=1S/C27H38O7/c1-12-8-21(33-25(32)16(12)11-28)13(2)17-4-5-18-15-9-22-27(34-22)23(14(15)6-7-26(17,18)3)19(29)10-20(30)24(27)31/h13-15,17-18,20-24,28,30-31H,4-11H2,1-3H3/t13-,14-,15+,17+,18-,20-,21+,22+,23?,24-,26+,27+/m0/s1. The van der Waals surface area contributed by atoms with Crippen LogP contribution in [0.2, 0.25) is 0 Å². The number of hydrogen-bond acceptors (Lipinski definition) is 7. The van der Waals surface area contributed by atoms with Gasteiger partial charge < -0.3 is 24.8 Å². The number of ether oxygens (including phenoxy) is 2. The van der Waals surface area contributed by atoms with E-state index in [0.717, 1.165) is 37.7 Å². The molecule has 0 aromatic rings. The van der Waals surface area contributed by atoms with Crippen LogP contribution in [0.3, 0.4) is 0 Å². The Morgan fingerprint density at radius 2 is 1.88 bits per heavy atom. The maximum Gasteiger partial charge on any atom is 0.336 e. The SMILES string of the molecule is CC1=C(CO)C(=O)O[C@@H]([C@@H](C)[C@H]2CC[C@H]3[C@@H]4C[C@H]5O[C@@]56C(C(=O)C[C@H](O)[C@@H]6O)[C@H]4CC[C@]23C)C1. The van der Waals surface area contributed by atoms with Gasteiger partial charge in [-0.1, -0.05) is 19.4 Å². The highest BCUT2D eigenvalue weighted by Gasteiger charge is 2.77. The molecule has 3 N–H and O–H groups in total. The van der Waals surface area contributed by atoms with E-state index < -0.39 is 17.8 Å². The van der Waals surface area contributed by atoms with Crippen molar-refractivity contribution in [3.8, 4) is 0 Å². The van der Waals surface area contributed by atoms with Crippen LogP contribution in [0.5, 0.6) is 0 Å². The van der Waals surface area contributed by atoms with Crippen molar-refractivity contribution in [1.82, 2.24) is 0 Å². The Morgan fingerprint density at radius 3 is 2.59 bits per heavy atom. The van der Waals surface area contributed by atoms with Gasteiger partial charge in [-0.3, -0.25) is 4.79 Å². The second-order valence-corrected chi connectivity index (χ2v) is 12.4. The quantitative estimate of drug-likeness (QED) is 0.424. The Morgan fingerprint density at radius 1 is 1.12 bits per heavy atom. The summed E-state index contributed by atoms with van der Waals surface area (Å²) >= 11 is 0. The summed E-state index contributed by atoms with van der Waals surface area (Å²) in [6.07, 6.45) is 3.46. The Labute approximate surface area is 200 Å². The number of hydrogen-bond donors (Lipinski definition) is 3. The molecule has 4 saturated carbocycles. The lowest BCUT2D eigenvalue weighted by atomic mass is 9.48. The van der Waals surface area contributed by atoms with Crippen LogP contribution in [-0.4, -0.2) is 63.7 Å². The molecular weight excluding hydrogens is 436 g/mol. The minimum Gasteiger partial charge on any atom is -0.458 e. The number of carbonyl (C=O) groups excluding carboxylic acids is 2. The summed E-state index contributed by atoms with van der Waals surface area (Å²) in [5.41, 5.74) is 0.607. The monoisotopic (exact) mass is 474 g/mol. The highest BCUT2D eigenvalue weighted by atomic mass is 16.6. The molecule has 4 aliphatic carbocycles. The molecular formula is C27H38O7. The summed E-state index contributed by atoms with van der Waals surface area (Å²) in [6.45, 7) is 6.28. The van der Waals surface area contributed by atoms with Crippen molar-refractivity contribution in [2.45, 2.75) is 95.7 Å². The third-order valence-electron chi connectivity index (χ3n) is 11.2. The molecule has 1 unspecified atom stereocenters. The normalized spacial score (nSPS) is 52.8. The zero-order valence-corrected chi connectivity index (χ0v) is 20.4. The van der Waals surface area contributed by atoms with E-state index in [-0.39, 0.29) is 60.2 Å². The minimum absolute atomic E-state index is 0.0320. The number of Topliss-reactive ketones (excluding diaryl/α,β-unsaturated/α-hetero) is 1. The summed E-state index contributed by atoms with van der Waals surface area (Å²) in [7, 11) is 0. The lowest BCUT2D eigenvalue weighted by molar-refractivity contribution is -0.158. The molecule has 0 bridgehead atoms. The number of fused-ring (bicyclic) bond motifs is 4. The van der Waals surface area contributed by atoms with E-state index >= 15 is 0 Å². The van der Waals surface area contributed by atoms with Crippen LogP contribution >= 0.6 is 0 Å². The predicted molar refractivity (Wildman–Crippen MR) is 121 cm³/mol. The van der Waals surface area contributed by atoms with Gasteiger partial charge in [-0.25, -0.2) is 4.79 Å². The summed E-state index contributed by atoms with van der Waals surface area (Å²) in [5, 5.41) is 30.5. The van der Waals surface area contributed by atoms with Gasteiger partial charge in [0.15, 0.2) is 0 Å². The molecule has 12 atom stereocenters. The number of ketones is 1. The van der Waals surface area contributed by atoms with Crippen molar-refractivity contribution < 1.29 is 34.4 Å². The van der Waals surface area contributed by atoms with Crippen molar-refractivity contribution >= 4 is 11.8 Å². The lowest BCUT2D eigenvalue weighted by Gasteiger charge is -2.55. The van der Waals surface area contributed by atoms with Crippen LogP contribution in [0, 0.1) is 40.9 Å². The molecule has 0 aromatic carbocycles. The maximum atomic E-state index is 13.1. The van der Waals surface area contributed by atoms with Gasteiger partial charge in [0, 0.05) is 12.8 Å². The van der Waals surface area contributed by atoms with Gasteiger partial charge in [-0.05, 0) is 74.0 Å². The fraction of sp³-hybridized carbons (Fsp3) is 0.852. The van der Waals surface area contributed by atoms with E-state index in [1.807, 2.05) is 6.92 Å². The lowest BCUT2D eigenvalue weighted by Crippen LogP contribution is -2.62. The molecule has 0 radical (unpaired) electrons. The first kappa shape index (κ1) is 23.1. The summed E-state index contributed by atoms with van der Waals surface area (Å²) in [4.78, 5) is 25.6. The Hall–Kier alpha value is -1.28. The second-order valence-electron chi connectivity index (χ2n) is 12.4. The Balaban J connectivity index is 1.24. The Bertz CT molecular complexity index is 943. The van der Waals surface area contributed by atoms with Crippen molar-refractivity contribution in [2.75, 3.05) is 6.61 Å². The predicted octanol–water partition coefficient (Wildman–Crippen LogP) is 2.16. The first-order valence-electron chi connectivity index (χ1n) is 13.2. The van der Waals surface area contributed by atoms with Crippen molar-refractivity contribution in [3.05, 3.63) is 11.1 Å². The molecule has 2 aliphatic heterocycles. The molecule has 34 heavy (non-hydrogen) atoms. The van der Waals surface area contributed by atoms with Crippen LogP contribution in [0.1, 0.15) is 65.7 Å². The van der Waals surface area contributed by atoms with Crippen LogP contribution in [0.4, 0.5) is 0 Å². The largest absolute Gasteiger partial charge is 0.458 e.